The minimum Gasteiger partial charge on any atom is -0.311 e. The number of aromatic nitrogens is 3. The summed E-state index contributed by atoms with van der Waals surface area (Å²) in [5, 5.41) is 10.2. The highest BCUT2D eigenvalue weighted by Gasteiger charge is 2.15. The second-order valence-electron chi connectivity index (χ2n) is 6.26. The molecule has 0 aliphatic rings. The maximum absolute atomic E-state index is 11.6. The molecule has 0 radical (unpaired) electrons. The van der Waals surface area contributed by atoms with Crippen LogP contribution in [0.4, 0.5) is 5.82 Å². The van der Waals surface area contributed by atoms with E-state index < -0.39 is 0 Å². The fraction of sp³-hybridized carbons (Fsp3) is 0.0952. The Balaban J connectivity index is 1.76. The lowest BCUT2D eigenvalue weighted by Gasteiger charge is -2.03. The molecular formula is C21H18N4OS. The molecular weight excluding hydrogens is 356 g/mol. The number of aryl methyl sites for hydroxylation is 1. The zero-order valence-corrected chi connectivity index (χ0v) is 15.8. The minimum atomic E-state index is -0.147. The SMILES string of the molecule is CC(=O)Nc1cc(-c2ccc(C)cc2)nn1-c1nc(-c2ccccc2)cs1. The summed E-state index contributed by atoms with van der Waals surface area (Å²) < 4.78 is 1.69. The second kappa shape index (κ2) is 7.17. The number of nitrogens with zero attached hydrogens (tertiary/aromatic N) is 3. The van der Waals surface area contributed by atoms with Crippen LogP contribution in [-0.4, -0.2) is 20.7 Å². The van der Waals surface area contributed by atoms with Gasteiger partial charge in [0.05, 0.1) is 11.4 Å². The maximum atomic E-state index is 11.6. The molecule has 1 amide bonds. The Bertz CT molecular complexity index is 1080. The van der Waals surface area contributed by atoms with E-state index in [4.69, 9.17) is 10.1 Å². The van der Waals surface area contributed by atoms with E-state index in [1.54, 1.807) is 4.68 Å². The Morgan fingerprint density at radius 3 is 2.41 bits per heavy atom. The summed E-state index contributed by atoms with van der Waals surface area (Å²) >= 11 is 1.49. The average Bonchev–Trinajstić information content (AvgIpc) is 3.30. The zero-order chi connectivity index (χ0) is 18.8. The van der Waals surface area contributed by atoms with Crippen LogP contribution in [0.2, 0.25) is 0 Å². The molecule has 6 heteroatoms. The third-order valence-electron chi connectivity index (χ3n) is 4.10. The minimum absolute atomic E-state index is 0.147. The molecule has 2 aromatic heterocycles. The molecule has 0 fully saturated rings. The summed E-state index contributed by atoms with van der Waals surface area (Å²) in [6.07, 6.45) is 0. The molecule has 0 saturated carbocycles. The van der Waals surface area contributed by atoms with Gasteiger partial charge in [-0.25, -0.2) is 4.98 Å². The first-order valence-electron chi connectivity index (χ1n) is 8.56. The largest absolute Gasteiger partial charge is 0.311 e. The highest BCUT2D eigenvalue weighted by Crippen LogP contribution is 2.29. The summed E-state index contributed by atoms with van der Waals surface area (Å²) in [5.41, 5.74) is 4.90. The van der Waals surface area contributed by atoms with Gasteiger partial charge >= 0.3 is 0 Å². The van der Waals surface area contributed by atoms with Gasteiger partial charge in [0.25, 0.3) is 0 Å². The Morgan fingerprint density at radius 2 is 1.70 bits per heavy atom. The van der Waals surface area contributed by atoms with E-state index in [-0.39, 0.29) is 5.91 Å². The molecule has 0 spiro atoms. The number of nitrogens with one attached hydrogen (secondary N) is 1. The van der Waals surface area contributed by atoms with Crippen molar-refractivity contribution in [3.05, 3.63) is 71.6 Å². The van der Waals surface area contributed by atoms with Crippen molar-refractivity contribution in [2.24, 2.45) is 0 Å². The number of benzene rings is 2. The lowest BCUT2D eigenvalue weighted by atomic mass is 10.1. The molecule has 0 unspecified atom stereocenters. The Labute approximate surface area is 161 Å². The maximum Gasteiger partial charge on any atom is 0.222 e. The van der Waals surface area contributed by atoms with E-state index in [2.05, 4.69) is 5.32 Å². The van der Waals surface area contributed by atoms with Gasteiger partial charge in [0.15, 0.2) is 0 Å². The van der Waals surface area contributed by atoms with Crippen molar-refractivity contribution in [2.45, 2.75) is 13.8 Å². The fourth-order valence-electron chi connectivity index (χ4n) is 2.76. The molecule has 0 aliphatic carbocycles. The normalized spacial score (nSPS) is 10.7. The molecule has 134 valence electrons. The van der Waals surface area contributed by atoms with Gasteiger partial charge in [0, 0.05) is 29.5 Å². The van der Waals surface area contributed by atoms with Gasteiger partial charge in [-0.3, -0.25) is 4.79 Å². The van der Waals surface area contributed by atoms with E-state index in [0.29, 0.717) is 10.9 Å². The number of anilines is 1. The predicted molar refractivity (Wildman–Crippen MR) is 109 cm³/mol. The van der Waals surface area contributed by atoms with Crippen molar-refractivity contribution in [1.29, 1.82) is 0 Å². The standard InChI is InChI=1S/C21H18N4OS/c1-14-8-10-17(11-9-14)18-12-20(22-15(2)26)25(24-18)21-23-19(13-27-21)16-6-4-3-5-7-16/h3-13H,1-2H3,(H,22,26). The summed E-state index contributed by atoms with van der Waals surface area (Å²) in [6.45, 7) is 3.53. The highest BCUT2D eigenvalue weighted by molar-refractivity contribution is 7.12. The number of hydrogen-bond acceptors (Lipinski definition) is 4. The predicted octanol–water partition coefficient (Wildman–Crippen LogP) is 4.93. The van der Waals surface area contributed by atoms with E-state index in [1.807, 2.05) is 73.0 Å². The van der Waals surface area contributed by atoms with Crippen molar-refractivity contribution in [3.8, 4) is 27.6 Å². The van der Waals surface area contributed by atoms with Crippen LogP contribution in [0.3, 0.4) is 0 Å². The third kappa shape index (κ3) is 3.66. The first-order chi connectivity index (χ1) is 13.1. The van der Waals surface area contributed by atoms with Crippen LogP contribution < -0.4 is 5.32 Å². The molecule has 4 aromatic rings. The first kappa shape index (κ1) is 17.2. The van der Waals surface area contributed by atoms with E-state index >= 15 is 0 Å². The molecule has 2 aromatic carbocycles. The topological polar surface area (TPSA) is 59.8 Å². The van der Waals surface area contributed by atoms with Gasteiger partial charge in [0.1, 0.15) is 5.82 Å². The number of hydrogen-bond donors (Lipinski definition) is 1. The van der Waals surface area contributed by atoms with Gasteiger partial charge < -0.3 is 5.32 Å². The van der Waals surface area contributed by atoms with Gasteiger partial charge in [-0.15, -0.1) is 11.3 Å². The third-order valence-corrected chi connectivity index (χ3v) is 4.92. The van der Waals surface area contributed by atoms with Gasteiger partial charge in [-0.2, -0.15) is 9.78 Å². The Morgan fingerprint density at radius 1 is 1.00 bits per heavy atom. The number of carbonyl (C=O) groups excluding carboxylic acids is 1. The van der Waals surface area contributed by atoms with Gasteiger partial charge in [-0.05, 0) is 6.92 Å². The van der Waals surface area contributed by atoms with Gasteiger partial charge in [0.2, 0.25) is 11.0 Å². The van der Waals surface area contributed by atoms with Crippen molar-refractivity contribution in [3.63, 3.8) is 0 Å². The quantitative estimate of drug-likeness (QED) is 0.551. The molecule has 0 saturated heterocycles. The molecule has 2 heterocycles. The van der Waals surface area contributed by atoms with E-state index in [1.165, 1.54) is 23.8 Å². The fourth-order valence-corrected chi connectivity index (χ4v) is 3.56. The van der Waals surface area contributed by atoms with Crippen molar-refractivity contribution >= 4 is 23.1 Å². The molecule has 5 nitrogen and oxygen atoms in total. The first-order valence-corrected chi connectivity index (χ1v) is 9.44. The van der Waals surface area contributed by atoms with Gasteiger partial charge in [-0.1, -0.05) is 60.2 Å². The highest BCUT2D eigenvalue weighted by atomic mass is 32.1. The number of carbonyl (C=O) groups is 1. The van der Waals surface area contributed by atoms with Crippen LogP contribution in [0.5, 0.6) is 0 Å². The van der Waals surface area contributed by atoms with Crippen molar-refractivity contribution < 1.29 is 4.79 Å². The summed E-state index contributed by atoms with van der Waals surface area (Å²) in [7, 11) is 0. The van der Waals surface area contributed by atoms with Crippen molar-refractivity contribution in [2.75, 3.05) is 5.32 Å². The van der Waals surface area contributed by atoms with Crippen LogP contribution in [-0.2, 0) is 4.79 Å². The van der Waals surface area contributed by atoms with Crippen LogP contribution in [0.15, 0.2) is 66.0 Å². The molecule has 0 aliphatic heterocycles. The monoisotopic (exact) mass is 374 g/mol. The molecule has 4 rings (SSSR count). The zero-order valence-electron chi connectivity index (χ0n) is 15.0. The van der Waals surface area contributed by atoms with Crippen LogP contribution in [0.1, 0.15) is 12.5 Å². The summed E-state index contributed by atoms with van der Waals surface area (Å²) in [5.74, 6) is 0.457. The second-order valence-corrected chi connectivity index (χ2v) is 7.09. The lowest BCUT2D eigenvalue weighted by molar-refractivity contribution is -0.114. The Hall–Kier alpha value is -3.25. The average molecular weight is 374 g/mol. The van der Waals surface area contributed by atoms with Crippen LogP contribution in [0.25, 0.3) is 27.6 Å². The Kier molecular flexibility index (Phi) is 4.56. The summed E-state index contributed by atoms with van der Waals surface area (Å²) in [6, 6.07) is 20.0. The molecule has 1 N–H and O–H groups in total. The van der Waals surface area contributed by atoms with Crippen LogP contribution in [0, 0.1) is 6.92 Å². The van der Waals surface area contributed by atoms with E-state index in [9.17, 15) is 4.79 Å². The molecule has 0 bridgehead atoms. The number of rotatable bonds is 4. The van der Waals surface area contributed by atoms with E-state index in [0.717, 1.165) is 22.5 Å². The van der Waals surface area contributed by atoms with Crippen molar-refractivity contribution in [1.82, 2.24) is 14.8 Å². The summed E-state index contributed by atoms with van der Waals surface area (Å²) in [4.78, 5) is 16.4. The number of thiazole rings is 1. The molecule has 27 heavy (non-hydrogen) atoms. The lowest BCUT2D eigenvalue weighted by Crippen LogP contribution is -2.10. The van der Waals surface area contributed by atoms with Crippen LogP contribution >= 0.6 is 11.3 Å². The molecule has 0 atom stereocenters. The number of amides is 1. The smallest absolute Gasteiger partial charge is 0.222 e.